The molecule has 0 fully saturated rings. The van der Waals surface area contributed by atoms with Crippen LogP contribution in [0.5, 0.6) is 0 Å². The Hall–Kier alpha value is -2.99. The Morgan fingerprint density at radius 3 is 2.39 bits per heavy atom. The summed E-state index contributed by atoms with van der Waals surface area (Å²) >= 11 is 1.59. The van der Waals surface area contributed by atoms with Gasteiger partial charge in [-0.15, -0.1) is 0 Å². The van der Waals surface area contributed by atoms with Gasteiger partial charge in [-0.05, 0) is 44.0 Å². The normalized spacial score (nSPS) is 17.8. The maximum absolute atomic E-state index is 13.0. The van der Waals surface area contributed by atoms with Gasteiger partial charge in [0.15, 0.2) is 5.17 Å². The minimum Gasteiger partial charge on any atom is -0.463 e. The number of amidine groups is 1. The molecule has 0 spiro atoms. The highest BCUT2D eigenvalue weighted by Crippen LogP contribution is 2.47. The van der Waals surface area contributed by atoms with Crippen molar-refractivity contribution in [3.8, 4) is 0 Å². The van der Waals surface area contributed by atoms with Gasteiger partial charge in [0.05, 0.1) is 29.6 Å². The summed E-state index contributed by atoms with van der Waals surface area (Å²) in [6.45, 7) is 6.13. The number of anilines is 1. The van der Waals surface area contributed by atoms with Crippen LogP contribution in [0.2, 0.25) is 0 Å². The molecule has 0 saturated carbocycles. The number of rotatable bonds is 5. The Balaban J connectivity index is 1.83. The molecule has 2 aromatic rings. The van der Waals surface area contributed by atoms with Crippen LogP contribution in [0.1, 0.15) is 36.6 Å². The summed E-state index contributed by atoms with van der Waals surface area (Å²) in [6.07, 6.45) is 0. The average Bonchev–Trinajstić information content (AvgIpc) is 3.17. The lowest BCUT2D eigenvalue weighted by Gasteiger charge is -2.36. The number of thioether (sulfide) groups is 1. The number of nitrogens with zero attached hydrogens (tertiary/aromatic N) is 3. The van der Waals surface area contributed by atoms with Gasteiger partial charge in [0.2, 0.25) is 0 Å². The highest BCUT2D eigenvalue weighted by Gasteiger charge is 2.41. The first-order valence-corrected chi connectivity index (χ1v) is 11.3. The third kappa shape index (κ3) is 4.00. The fourth-order valence-electron chi connectivity index (χ4n) is 3.86. The molecule has 0 bridgehead atoms. The fourth-order valence-corrected chi connectivity index (χ4v) is 4.83. The summed E-state index contributed by atoms with van der Waals surface area (Å²) in [5.41, 5.74) is 6.78. The van der Waals surface area contributed by atoms with Gasteiger partial charge in [-0.1, -0.05) is 53.7 Å². The van der Waals surface area contributed by atoms with Gasteiger partial charge in [-0.3, -0.25) is 0 Å². The second-order valence-electron chi connectivity index (χ2n) is 7.86. The van der Waals surface area contributed by atoms with E-state index in [2.05, 4.69) is 70.7 Å². The van der Waals surface area contributed by atoms with E-state index in [-0.39, 0.29) is 12.0 Å². The van der Waals surface area contributed by atoms with Crippen molar-refractivity contribution in [2.45, 2.75) is 26.8 Å². The second kappa shape index (κ2) is 8.63. The van der Waals surface area contributed by atoms with Gasteiger partial charge in [-0.25, -0.2) is 9.79 Å². The minimum atomic E-state index is -0.315. The smallest absolute Gasteiger partial charge is 0.338 e. The molecule has 2 aliphatic heterocycles. The number of aliphatic imine (C=N–C) groups is 1. The zero-order valence-corrected chi connectivity index (χ0v) is 19.4. The van der Waals surface area contributed by atoms with E-state index in [1.165, 1.54) is 5.56 Å². The molecule has 0 N–H and O–H groups in total. The van der Waals surface area contributed by atoms with Crippen LogP contribution in [0, 0.1) is 6.92 Å². The Labute approximate surface area is 188 Å². The van der Waals surface area contributed by atoms with Crippen molar-refractivity contribution in [2.75, 3.05) is 25.6 Å². The van der Waals surface area contributed by atoms with E-state index in [4.69, 9.17) is 9.73 Å². The first kappa shape index (κ1) is 21.2. The number of fused-ring (bicyclic) bond motifs is 1. The largest absolute Gasteiger partial charge is 0.463 e. The Bertz CT molecular complexity index is 1080. The van der Waals surface area contributed by atoms with Gasteiger partial charge in [0.1, 0.15) is 0 Å². The van der Waals surface area contributed by atoms with Crippen LogP contribution in [0.3, 0.4) is 0 Å². The molecule has 2 aromatic carbocycles. The first-order chi connectivity index (χ1) is 14.9. The lowest BCUT2D eigenvalue weighted by molar-refractivity contribution is -0.139. The molecular weight excluding hydrogens is 406 g/mol. The molecule has 2 aliphatic rings. The number of benzene rings is 2. The number of carbonyl (C=O) groups is 1. The molecule has 4 rings (SSSR count). The molecule has 31 heavy (non-hydrogen) atoms. The summed E-state index contributed by atoms with van der Waals surface area (Å²) in [6, 6.07) is 16.5. The molecule has 0 amide bonds. The molecule has 0 aliphatic carbocycles. The monoisotopic (exact) mass is 433 g/mol. The molecule has 6 heteroatoms. The molecule has 0 aromatic heterocycles. The van der Waals surface area contributed by atoms with Gasteiger partial charge < -0.3 is 14.5 Å². The van der Waals surface area contributed by atoms with Gasteiger partial charge in [0.25, 0.3) is 0 Å². The number of hydrogen-bond donors (Lipinski definition) is 0. The van der Waals surface area contributed by atoms with Crippen molar-refractivity contribution < 1.29 is 9.53 Å². The standard InChI is InChI=1S/C25H27N3O2S/c1-6-30-24(29)22-17(3)26-25-28(21(15-31-25)18-9-7-16(2)8-10-18)23(22)19-11-13-20(14-12-19)27(4)5/h7-15,23H,6H2,1-5H3/t23-/m0/s1. The zero-order valence-electron chi connectivity index (χ0n) is 18.5. The van der Waals surface area contributed by atoms with E-state index >= 15 is 0 Å². The van der Waals surface area contributed by atoms with Crippen molar-refractivity contribution in [1.82, 2.24) is 4.90 Å². The van der Waals surface area contributed by atoms with Crippen LogP contribution in [-0.4, -0.2) is 36.7 Å². The average molecular weight is 434 g/mol. The van der Waals surface area contributed by atoms with Crippen LogP contribution in [-0.2, 0) is 9.53 Å². The molecule has 0 saturated heterocycles. The van der Waals surface area contributed by atoms with E-state index in [0.717, 1.165) is 27.7 Å². The van der Waals surface area contributed by atoms with Crippen molar-refractivity contribution in [3.63, 3.8) is 0 Å². The highest BCUT2D eigenvalue weighted by molar-refractivity contribution is 8.16. The van der Waals surface area contributed by atoms with Gasteiger partial charge in [0, 0.05) is 25.2 Å². The topological polar surface area (TPSA) is 45.1 Å². The summed E-state index contributed by atoms with van der Waals surface area (Å²) in [4.78, 5) is 22.0. The SMILES string of the molecule is CCOC(=O)C1=C(C)N=C2SC=C(c3ccc(C)cc3)N2[C@H]1c1ccc(N(C)C)cc1. The highest BCUT2D eigenvalue weighted by atomic mass is 32.2. The predicted molar refractivity (Wildman–Crippen MR) is 129 cm³/mol. The van der Waals surface area contributed by atoms with E-state index in [1.54, 1.807) is 11.8 Å². The number of carbonyl (C=O) groups excluding carboxylic acids is 1. The van der Waals surface area contributed by atoms with E-state index in [0.29, 0.717) is 17.9 Å². The Morgan fingerprint density at radius 2 is 1.77 bits per heavy atom. The van der Waals surface area contributed by atoms with Crippen molar-refractivity contribution >= 4 is 34.3 Å². The maximum atomic E-state index is 13.0. The van der Waals surface area contributed by atoms with E-state index < -0.39 is 0 Å². The van der Waals surface area contributed by atoms with Crippen LogP contribution >= 0.6 is 11.8 Å². The van der Waals surface area contributed by atoms with Crippen LogP contribution in [0.25, 0.3) is 5.70 Å². The quantitative estimate of drug-likeness (QED) is 0.594. The lowest BCUT2D eigenvalue weighted by Crippen LogP contribution is -2.36. The molecule has 5 nitrogen and oxygen atoms in total. The molecular formula is C25H27N3O2S. The lowest BCUT2D eigenvalue weighted by atomic mass is 9.93. The van der Waals surface area contributed by atoms with Crippen LogP contribution < -0.4 is 4.90 Å². The summed E-state index contributed by atoms with van der Waals surface area (Å²) in [5.74, 6) is -0.315. The predicted octanol–water partition coefficient (Wildman–Crippen LogP) is 5.36. The van der Waals surface area contributed by atoms with E-state index in [1.807, 2.05) is 27.9 Å². The number of esters is 1. The first-order valence-electron chi connectivity index (χ1n) is 10.4. The number of hydrogen-bond acceptors (Lipinski definition) is 6. The van der Waals surface area contributed by atoms with Gasteiger partial charge >= 0.3 is 5.97 Å². The van der Waals surface area contributed by atoms with Crippen molar-refractivity contribution in [1.29, 1.82) is 0 Å². The van der Waals surface area contributed by atoms with Crippen LogP contribution in [0.4, 0.5) is 5.69 Å². The molecule has 2 heterocycles. The second-order valence-corrected chi connectivity index (χ2v) is 8.70. The zero-order chi connectivity index (χ0) is 22.1. The molecule has 1 atom stereocenters. The number of ether oxygens (including phenoxy) is 1. The summed E-state index contributed by atoms with van der Waals surface area (Å²) in [5, 5.41) is 2.99. The Kier molecular flexibility index (Phi) is 5.92. The van der Waals surface area contributed by atoms with Gasteiger partial charge in [-0.2, -0.15) is 0 Å². The van der Waals surface area contributed by atoms with Crippen molar-refractivity contribution in [3.05, 3.63) is 81.9 Å². The summed E-state index contributed by atoms with van der Waals surface area (Å²) < 4.78 is 5.44. The molecule has 0 unspecified atom stereocenters. The number of aryl methyl sites for hydroxylation is 1. The van der Waals surface area contributed by atoms with Crippen molar-refractivity contribution in [2.24, 2.45) is 4.99 Å². The third-order valence-corrected chi connectivity index (χ3v) is 6.33. The molecule has 0 radical (unpaired) electrons. The third-order valence-electron chi connectivity index (χ3n) is 5.49. The van der Waals surface area contributed by atoms with Crippen LogP contribution in [0.15, 0.2) is 70.2 Å². The molecule has 160 valence electrons. The van der Waals surface area contributed by atoms with E-state index in [9.17, 15) is 4.79 Å². The minimum absolute atomic E-state index is 0.301. The Morgan fingerprint density at radius 1 is 1.10 bits per heavy atom. The maximum Gasteiger partial charge on any atom is 0.338 e. The summed E-state index contributed by atoms with van der Waals surface area (Å²) in [7, 11) is 4.04. The number of allylic oxidation sites excluding steroid dienone is 1. The fraction of sp³-hybridized carbons (Fsp3) is 0.280.